The summed E-state index contributed by atoms with van der Waals surface area (Å²) in [5, 5.41) is 82.7. The van der Waals surface area contributed by atoms with Crippen LogP contribution in [0.4, 0.5) is 0 Å². The second kappa shape index (κ2) is 13.9. The van der Waals surface area contributed by atoms with Crippen LogP contribution in [0.3, 0.4) is 0 Å². The molecule has 2 heterocycles. The average molecular weight is 781 g/mol. The first-order chi connectivity index (χ1) is 25.6. The SMILES string of the molecule is CC1(C)[C@@H](O[C@@H]2OC[C@@H](O)[C@H](O)[C@H]2O)CC[C@]2(C)[C@H]3CC=C4[C@@H]5C[C@](C)(C(=O)O)CC[C@]5(C(=O)O[C@@H]5O[C@H](CO)[C@@H](O)[C@H](O)[C@H]5O)CC[C@@]4(C)[C@]3(C)CC[C@@H]12. The van der Waals surface area contributed by atoms with Crippen LogP contribution < -0.4 is 0 Å². The number of hydrogen-bond acceptors (Lipinski definition) is 13. The minimum Gasteiger partial charge on any atom is -0.481 e. The number of carboxylic acid groups (broad SMARTS) is 1. The van der Waals surface area contributed by atoms with Gasteiger partial charge in [-0.3, -0.25) is 9.59 Å². The Labute approximate surface area is 323 Å². The molecule has 2 aliphatic heterocycles. The Hall–Kier alpha value is -1.72. The van der Waals surface area contributed by atoms with Crippen molar-refractivity contribution in [3.63, 3.8) is 0 Å². The normalized spacial score (nSPS) is 53.4. The van der Waals surface area contributed by atoms with Gasteiger partial charge in [-0.05, 0) is 111 Å². The highest BCUT2D eigenvalue weighted by molar-refractivity contribution is 5.81. The van der Waals surface area contributed by atoms with Crippen LogP contribution in [-0.2, 0) is 28.5 Å². The molecule has 0 radical (unpaired) electrons. The van der Waals surface area contributed by atoms with E-state index in [1.54, 1.807) is 6.92 Å². The monoisotopic (exact) mass is 780 g/mol. The second-order valence-corrected chi connectivity index (χ2v) is 19.9. The van der Waals surface area contributed by atoms with Gasteiger partial charge in [-0.1, -0.05) is 46.3 Å². The summed E-state index contributed by atoms with van der Waals surface area (Å²) in [6.07, 6.45) is -4.78. The number of aliphatic carboxylic acids is 1. The molecule has 8 N–H and O–H groups in total. The smallest absolute Gasteiger partial charge is 0.315 e. The van der Waals surface area contributed by atoms with Gasteiger partial charge in [0.05, 0.1) is 30.1 Å². The van der Waals surface area contributed by atoms with Crippen molar-refractivity contribution in [2.75, 3.05) is 13.2 Å². The zero-order chi connectivity index (χ0) is 40.3. The summed E-state index contributed by atoms with van der Waals surface area (Å²) >= 11 is 0. The Morgan fingerprint density at radius 1 is 0.800 bits per heavy atom. The van der Waals surface area contributed by atoms with E-state index in [4.69, 9.17) is 18.9 Å². The van der Waals surface area contributed by atoms with Gasteiger partial charge < -0.3 is 59.8 Å². The van der Waals surface area contributed by atoms with Crippen molar-refractivity contribution in [2.24, 2.45) is 50.2 Å². The number of rotatable bonds is 6. The standard InChI is InChI=1S/C41H64O14/c1-36(2)24-9-12-40(6)25(38(24,4)11-10-26(36)54-32-30(47)27(44)22(43)19-52-32)8-7-20-21-17-37(3,34(49)50)13-15-41(21,16-14-39(20,40)5)35(51)55-33-31(48)29(46)28(45)23(18-42)53-33/h7,21-33,42-48H,8-19H2,1-6H3,(H,49,50)/t21-,22+,23+,24-,25+,26-,27-,28+,29-,30+,31+,32-,33-,37+,38-,39+,40+,41-/m0/s1. The van der Waals surface area contributed by atoms with Gasteiger partial charge in [0.2, 0.25) is 6.29 Å². The van der Waals surface area contributed by atoms with Crippen molar-refractivity contribution in [1.82, 2.24) is 0 Å². The minimum absolute atomic E-state index is 0.0954. The third-order valence-electron chi connectivity index (χ3n) is 17.1. The maximum atomic E-state index is 14.6. The fourth-order valence-electron chi connectivity index (χ4n) is 13.3. The van der Waals surface area contributed by atoms with Crippen LogP contribution in [0.15, 0.2) is 11.6 Å². The van der Waals surface area contributed by atoms with E-state index >= 15 is 0 Å². The van der Waals surface area contributed by atoms with Crippen molar-refractivity contribution in [3.8, 4) is 0 Å². The van der Waals surface area contributed by atoms with E-state index in [0.29, 0.717) is 12.8 Å². The fraction of sp³-hybridized carbons (Fsp3) is 0.902. The number of esters is 1. The summed E-state index contributed by atoms with van der Waals surface area (Å²) in [5.74, 6) is -1.48. The number of hydrogen-bond donors (Lipinski definition) is 8. The van der Waals surface area contributed by atoms with E-state index in [1.165, 1.54) is 0 Å². The molecule has 0 aromatic rings. The second-order valence-electron chi connectivity index (χ2n) is 19.9. The predicted molar refractivity (Wildman–Crippen MR) is 193 cm³/mol. The van der Waals surface area contributed by atoms with Gasteiger partial charge >= 0.3 is 11.9 Å². The Balaban J connectivity index is 1.19. The third kappa shape index (κ3) is 6.01. The maximum absolute atomic E-state index is 14.6. The number of aliphatic hydroxyl groups excluding tert-OH is 7. The molecule has 0 spiro atoms. The van der Waals surface area contributed by atoms with Gasteiger partial charge in [-0.2, -0.15) is 0 Å². The highest BCUT2D eigenvalue weighted by Crippen LogP contribution is 2.76. The fourth-order valence-corrected chi connectivity index (χ4v) is 13.3. The van der Waals surface area contributed by atoms with Crippen molar-refractivity contribution < 1.29 is 69.4 Å². The van der Waals surface area contributed by atoms with Gasteiger partial charge in [0, 0.05) is 0 Å². The van der Waals surface area contributed by atoms with Gasteiger partial charge in [0.1, 0.15) is 42.7 Å². The van der Waals surface area contributed by atoms with Gasteiger partial charge in [-0.25, -0.2) is 0 Å². The van der Waals surface area contributed by atoms with Gasteiger partial charge in [-0.15, -0.1) is 0 Å². The number of carbonyl (C=O) groups is 2. The summed E-state index contributed by atoms with van der Waals surface area (Å²) < 4.78 is 23.6. The van der Waals surface area contributed by atoms with Crippen LogP contribution in [0.1, 0.15) is 106 Å². The first kappa shape index (κ1) is 41.4. The van der Waals surface area contributed by atoms with Crippen LogP contribution in [0.2, 0.25) is 0 Å². The molecular weight excluding hydrogens is 716 g/mol. The summed E-state index contributed by atoms with van der Waals surface area (Å²) in [4.78, 5) is 27.3. The molecule has 55 heavy (non-hydrogen) atoms. The molecule has 14 heteroatoms. The Morgan fingerprint density at radius 2 is 1.47 bits per heavy atom. The number of carbonyl (C=O) groups excluding carboxylic acids is 1. The highest BCUT2D eigenvalue weighted by atomic mass is 16.7. The Bertz CT molecular complexity index is 1530. The molecule has 7 rings (SSSR count). The molecule has 0 aromatic carbocycles. The summed E-state index contributed by atoms with van der Waals surface area (Å²) in [6.45, 7) is 12.5. The number of carboxylic acids is 1. The van der Waals surface area contributed by atoms with Crippen LogP contribution in [0.25, 0.3) is 0 Å². The van der Waals surface area contributed by atoms with E-state index in [9.17, 15) is 50.4 Å². The molecule has 5 aliphatic carbocycles. The Kier molecular flexibility index (Phi) is 10.5. The molecule has 0 bridgehead atoms. The zero-order valence-corrected chi connectivity index (χ0v) is 33.1. The van der Waals surface area contributed by atoms with Crippen LogP contribution in [0, 0.1) is 50.2 Å². The lowest BCUT2D eigenvalue weighted by Gasteiger charge is -2.71. The molecule has 0 aromatic heterocycles. The summed E-state index contributed by atoms with van der Waals surface area (Å²) in [7, 11) is 0. The van der Waals surface area contributed by atoms with Crippen molar-refractivity contribution >= 4 is 11.9 Å². The largest absolute Gasteiger partial charge is 0.481 e. The van der Waals surface area contributed by atoms with Crippen LogP contribution in [0.5, 0.6) is 0 Å². The minimum atomic E-state index is -1.74. The zero-order valence-electron chi connectivity index (χ0n) is 33.1. The molecule has 0 amide bonds. The van der Waals surface area contributed by atoms with E-state index in [-0.39, 0.29) is 65.5 Å². The lowest BCUT2D eigenvalue weighted by atomic mass is 9.33. The van der Waals surface area contributed by atoms with Crippen molar-refractivity contribution in [3.05, 3.63) is 11.6 Å². The van der Waals surface area contributed by atoms with Crippen LogP contribution >= 0.6 is 0 Å². The number of ether oxygens (including phenoxy) is 4. The molecule has 312 valence electrons. The van der Waals surface area contributed by atoms with Crippen LogP contribution in [-0.4, -0.2) is 127 Å². The molecular formula is C41H64O14. The lowest BCUT2D eigenvalue weighted by molar-refractivity contribution is -0.308. The molecule has 7 aliphatic rings. The number of allylic oxidation sites excluding steroid dienone is 2. The predicted octanol–water partition coefficient (Wildman–Crippen LogP) is 2.02. The molecule has 14 nitrogen and oxygen atoms in total. The Morgan fingerprint density at radius 3 is 2.15 bits per heavy atom. The topological polar surface area (TPSA) is 233 Å². The summed E-state index contributed by atoms with van der Waals surface area (Å²) in [5.41, 5.74) is -2.06. The highest BCUT2D eigenvalue weighted by Gasteiger charge is 2.70. The molecule has 4 saturated carbocycles. The summed E-state index contributed by atoms with van der Waals surface area (Å²) in [6, 6.07) is 0. The lowest BCUT2D eigenvalue weighted by Crippen LogP contribution is -2.66. The molecule has 18 atom stereocenters. The third-order valence-corrected chi connectivity index (χ3v) is 17.1. The van der Waals surface area contributed by atoms with E-state index in [0.717, 1.165) is 37.7 Å². The van der Waals surface area contributed by atoms with E-state index < -0.39 is 90.6 Å². The average Bonchev–Trinajstić information content (AvgIpc) is 3.13. The van der Waals surface area contributed by atoms with Crippen molar-refractivity contribution in [2.45, 2.75) is 167 Å². The quantitative estimate of drug-likeness (QED) is 0.110. The first-order valence-corrected chi connectivity index (χ1v) is 20.4. The van der Waals surface area contributed by atoms with Crippen molar-refractivity contribution in [1.29, 1.82) is 0 Å². The van der Waals surface area contributed by atoms with E-state index in [2.05, 4.69) is 40.7 Å². The maximum Gasteiger partial charge on any atom is 0.315 e. The molecule has 0 unspecified atom stereocenters. The molecule has 6 fully saturated rings. The first-order valence-electron chi connectivity index (χ1n) is 20.4. The molecule has 2 saturated heterocycles. The number of aliphatic hydroxyl groups is 7. The van der Waals surface area contributed by atoms with Gasteiger partial charge in [0.25, 0.3) is 0 Å². The van der Waals surface area contributed by atoms with E-state index in [1.807, 2.05) is 0 Å². The number of fused-ring (bicyclic) bond motifs is 7. The van der Waals surface area contributed by atoms with Gasteiger partial charge in [0.15, 0.2) is 6.29 Å².